The molecular weight excluding hydrogens is 430 g/mol. The summed E-state index contributed by atoms with van der Waals surface area (Å²) in [6, 6.07) is 8.65. The first kappa shape index (κ1) is 22.3. The first-order valence-electron chi connectivity index (χ1n) is 9.63. The number of nitrogens with one attached hydrogen (secondary N) is 2. The summed E-state index contributed by atoms with van der Waals surface area (Å²) in [5, 5.41) is 5.81. The lowest BCUT2D eigenvalue weighted by Gasteiger charge is -2.31. The number of piperidine rings is 1. The van der Waals surface area contributed by atoms with E-state index in [0.717, 1.165) is 0 Å². The standard InChI is InChI=1S/C20H24ClN3O5S/c1-14(19(25)22-12-17-5-3-11-29-17)23-20(26)15-4-2-10-24(13-15)30(27,28)18-8-6-16(21)7-9-18/h3,5-9,11,14-15H,2,4,10,12-13H2,1H3,(H,22,25)(H,23,26)/t14-,15-/m1/s1. The summed E-state index contributed by atoms with van der Waals surface area (Å²) in [5.74, 6) is -0.605. The second-order valence-corrected chi connectivity index (χ2v) is 9.56. The molecule has 1 aliphatic heterocycles. The number of amides is 2. The molecule has 10 heteroatoms. The first-order chi connectivity index (χ1) is 14.3. The molecule has 1 aromatic carbocycles. The smallest absolute Gasteiger partial charge is 0.243 e. The number of hydrogen-bond acceptors (Lipinski definition) is 5. The first-order valence-corrected chi connectivity index (χ1v) is 11.5. The monoisotopic (exact) mass is 453 g/mol. The molecule has 2 amide bonds. The fraction of sp³-hybridized carbons (Fsp3) is 0.400. The van der Waals surface area contributed by atoms with Crippen molar-refractivity contribution in [3.63, 3.8) is 0 Å². The van der Waals surface area contributed by atoms with E-state index in [-0.39, 0.29) is 29.8 Å². The number of sulfonamides is 1. The van der Waals surface area contributed by atoms with Crippen LogP contribution in [0.25, 0.3) is 0 Å². The highest BCUT2D eigenvalue weighted by atomic mass is 35.5. The minimum Gasteiger partial charge on any atom is -0.467 e. The molecule has 0 spiro atoms. The number of rotatable bonds is 7. The Labute approximate surface area is 180 Å². The van der Waals surface area contributed by atoms with Crippen LogP contribution in [0, 0.1) is 5.92 Å². The summed E-state index contributed by atoms with van der Waals surface area (Å²) in [5.41, 5.74) is 0. The van der Waals surface area contributed by atoms with Gasteiger partial charge in [-0.05, 0) is 56.2 Å². The van der Waals surface area contributed by atoms with E-state index in [1.54, 1.807) is 19.1 Å². The van der Waals surface area contributed by atoms with Gasteiger partial charge in [0.05, 0.1) is 23.6 Å². The van der Waals surface area contributed by atoms with Crippen LogP contribution in [0.1, 0.15) is 25.5 Å². The van der Waals surface area contributed by atoms with Gasteiger partial charge in [-0.15, -0.1) is 0 Å². The highest BCUT2D eigenvalue weighted by Crippen LogP contribution is 2.25. The Hall–Kier alpha value is -2.36. The summed E-state index contributed by atoms with van der Waals surface area (Å²) in [6.07, 6.45) is 2.63. The third-order valence-corrected chi connectivity index (χ3v) is 7.11. The maximum absolute atomic E-state index is 12.9. The summed E-state index contributed by atoms with van der Waals surface area (Å²) in [6.45, 7) is 2.22. The molecule has 1 aliphatic rings. The minimum absolute atomic E-state index is 0.0670. The minimum atomic E-state index is -3.72. The zero-order valence-corrected chi connectivity index (χ0v) is 18.1. The van der Waals surface area contributed by atoms with Crippen molar-refractivity contribution in [1.82, 2.24) is 14.9 Å². The van der Waals surface area contributed by atoms with Gasteiger partial charge in [-0.2, -0.15) is 4.31 Å². The number of nitrogens with zero attached hydrogens (tertiary/aromatic N) is 1. The van der Waals surface area contributed by atoms with Gasteiger partial charge in [0.2, 0.25) is 21.8 Å². The fourth-order valence-corrected chi connectivity index (χ4v) is 4.92. The molecule has 30 heavy (non-hydrogen) atoms. The molecule has 0 unspecified atom stereocenters. The Balaban J connectivity index is 1.57. The van der Waals surface area contributed by atoms with Crippen LogP contribution in [0.3, 0.4) is 0 Å². The second-order valence-electron chi connectivity index (χ2n) is 7.18. The summed E-state index contributed by atoms with van der Waals surface area (Å²) >= 11 is 5.84. The molecule has 3 rings (SSSR count). The molecular formula is C20H24ClN3O5S. The Morgan fingerprint density at radius 1 is 1.27 bits per heavy atom. The van der Waals surface area contributed by atoms with Gasteiger partial charge in [0, 0.05) is 18.1 Å². The van der Waals surface area contributed by atoms with Crippen LogP contribution in [0.4, 0.5) is 0 Å². The van der Waals surface area contributed by atoms with E-state index in [1.807, 2.05) is 0 Å². The molecule has 0 radical (unpaired) electrons. The van der Waals surface area contributed by atoms with Gasteiger partial charge in [-0.1, -0.05) is 11.6 Å². The number of carbonyl (C=O) groups is 2. The molecule has 1 fully saturated rings. The maximum Gasteiger partial charge on any atom is 0.243 e. The van der Waals surface area contributed by atoms with Crippen LogP contribution in [-0.2, 0) is 26.2 Å². The molecule has 0 aliphatic carbocycles. The van der Waals surface area contributed by atoms with Crippen LogP contribution in [0.2, 0.25) is 5.02 Å². The van der Waals surface area contributed by atoms with Crippen molar-refractivity contribution in [2.75, 3.05) is 13.1 Å². The molecule has 2 aromatic rings. The fourth-order valence-electron chi connectivity index (χ4n) is 3.27. The maximum atomic E-state index is 12.9. The van der Waals surface area contributed by atoms with Gasteiger partial charge in [-0.3, -0.25) is 9.59 Å². The molecule has 1 saturated heterocycles. The molecule has 0 saturated carbocycles. The van der Waals surface area contributed by atoms with Gasteiger partial charge in [0.25, 0.3) is 0 Å². The number of halogens is 1. The number of benzene rings is 1. The molecule has 2 heterocycles. The van der Waals surface area contributed by atoms with Crippen molar-refractivity contribution < 1.29 is 22.4 Å². The predicted octanol–water partition coefficient (Wildman–Crippen LogP) is 2.15. The molecule has 0 bridgehead atoms. The highest BCUT2D eigenvalue weighted by molar-refractivity contribution is 7.89. The number of carbonyl (C=O) groups excluding carboxylic acids is 2. The lowest BCUT2D eigenvalue weighted by atomic mass is 9.98. The quantitative estimate of drug-likeness (QED) is 0.667. The Kier molecular flexibility index (Phi) is 7.17. The van der Waals surface area contributed by atoms with Crippen molar-refractivity contribution in [1.29, 1.82) is 0 Å². The van der Waals surface area contributed by atoms with Crippen molar-refractivity contribution >= 4 is 33.4 Å². The average molecular weight is 454 g/mol. The van der Waals surface area contributed by atoms with Gasteiger partial charge < -0.3 is 15.1 Å². The highest BCUT2D eigenvalue weighted by Gasteiger charge is 2.34. The zero-order valence-electron chi connectivity index (χ0n) is 16.5. The van der Waals surface area contributed by atoms with E-state index < -0.39 is 22.0 Å². The molecule has 2 N–H and O–H groups in total. The summed E-state index contributed by atoms with van der Waals surface area (Å²) < 4.78 is 32.2. The van der Waals surface area contributed by atoms with Crippen molar-refractivity contribution in [3.05, 3.63) is 53.4 Å². The van der Waals surface area contributed by atoms with E-state index in [9.17, 15) is 18.0 Å². The van der Waals surface area contributed by atoms with E-state index in [4.69, 9.17) is 16.0 Å². The van der Waals surface area contributed by atoms with Crippen molar-refractivity contribution in [3.8, 4) is 0 Å². The summed E-state index contributed by atoms with van der Waals surface area (Å²) in [7, 11) is -3.72. The Morgan fingerprint density at radius 3 is 2.67 bits per heavy atom. The molecule has 162 valence electrons. The average Bonchev–Trinajstić information content (AvgIpc) is 3.26. The van der Waals surface area contributed by atoms with Crippen LogP contribution in [0.15, 0.2) is 52.0 Å². The SMILES string of the molecule is C[C@@H](NC(=O)[C@@H]1CCCN(S(=O)(=O)c2ccc(Cl)cc2)C1)C(=O)NCc1ccco1. The Morgan fingerprint density at radius 2 is 2.00 bits per heavy atom. The van der Waals surface area contributed by atoms with Crippen LogP contribution in [-0.4, -0.2) is 43.7 Å². The van der Waals surface area contributed by atoms with E-state index >= 15 is 0 Å². The van der Waals surface area contributed by atoms with Crippen LogP contribution >= 0.6 is 11.6 Å². The van der Waals surface area contributed by atoms with Gasteiger partial charge in [0.1, 0.15) is 11.8 Å². The lowest BCUT2D eigenvalue weighted by Crippen LogP contribution is -2.50. The van der Waals surface area contributed by atoms with Gasteiger partial charge in [-0.25, -0.2) is 8.42 Å². The second kappa shape index (κ2) is 9.63. The topological polar surface area (TPSA) is 109 Å². The van der Waals surface area contributed by atoms with Gasteiger partial charge in [0.15, 0.2) is 0 Å². The molecule has 8 nitrogen and oxygen atoms in total. The van der Waals surface area contributed by atoms with Crippen LogP contribution in [0.5, 0.6) is 0 Å². The number of hydrogen-bond donors (Lipinski definition) is 2. The predicted molar refractivity (Wildman–Crippen MR) is 111 cm³/mol. The third-order valence-electron chi connectivity index (χ3n) is 4.98. The van der Waals surface area contributed by atoms with Crippen LogP contribution < -0.4 is 10.6 Å². The van der Waals surface area contributed by atoms with Gasteiger partial charge >= 0.3 is 0 Å². The largest absolute Gasteiger partial charge is 0.467 e. The zero-order chi connectivity index (χ0) is 21.7. The van der Waals surface area contributed by atoms with E-state index in [2.05, 4.69) is 10.6 Å². The number of furan rings is 1. The Bertz CT molecular complexity index is 976. The summed E-state index contributed by atoms with van der Waals surface area (Å²) in [4.78, 5) is 25.0. The third kappa shape index (κ3) is 5.41. The van der Waals surface area contributed by atoms with Crippen molar-refractivity contribution in [2.45, 2.75) is 37.2 Å². The van der Waals surface area contributed by atoms with E-state index in [1.165, 1.54) is 34.8 Å². The lowest BCUT2D eigenvalue weighted by molar-refractivity contribution is -0.131. The van der Waals surface area contributed by atoms with Crippen molar-refractivity contribution in [2.24, 2.45) is 5.92 Å². The molecule has 1 aromatic heterocycles. The van der Waals surface area contributed by atoms with E-state index in [0.29, 0.717) is 30.2 Å². The normalized spacial score (nSPS) is 18.5. The molecule has 2 atom stereocenters.